The Morgan fingerprint density at radius 1 is 1.32 bits per heavy atom. The Morgan fingerprint density at radius 3 is 2.68 bits per heavy atom. The van der Waals surface area contributed by atoms with E-state index >= 15 is 0 Å². The van der Waals surface area contributed by atoms with Gasteiger partial charge in [0.1, 0.15) is 0 Å². The van der Waals surface area contributed by atoms with Crippen LogP contribution in [0.2, 0.25) is 0 Å². The molecule has 4 nitrogen and oxygen atoms in total. The van der Waals surface area contributed by atoms with Gasteiger partial charge in [0, 0.05) is 26.1 Å². The maximum absolute atomic E-state index is 14.7. The molecule has 3 rings (SSSR count). The zero-order valence-corrected chi connectivity index (χ0v) is 15.6. The Hall–Kier alpha value is -2.09. The summed E-state index contributed by atoms with van der Waals surface area (Å²) in [6.45, 7) is 3.49. The van der Waals surface area contributed by atoms with Crippen LogP contribution >= 0.6 is 0 Å². The summed E-state index contributed by atoms with van der Waals surface area (Å²) in [5.41, 5.74) is 2.37. The molecule has 0 unspecified atom stereocenters. The third-order valence-corrected chi connectivity index (χ3v) is 5.30. The number of hydrogen-bond donors (Lipinski definition) is 1. The van der Waals surface area contributed by atoms with E-state index in [1.165, 1.54) is 6.07 Å². The Bertz CT molecular complexity index is 769. The van der Waals surface area contributed by atoms with Crippen molar-refractivity contribution >= 4 is 12.0 Å². The van der Waals surface area contributed by atoms with Crippen molar-refractivity contribution < 1.29 is 32.2 Å². The van der Waals surface area contributed by atoms with E-state index < -0.39 is 24.4 Å². The molecule has 1 heterocycles. The Kier molecular flexibility index (Phi) is 5.98. The average Bonchev–Trinajstić information content (AvgIpc) is 2.56. The molecule has 1 N–H and O–H groups in total. The fourth-order valence-corrected chi connectivity index (χ4v) is 3.62. The Balaban J connectivity index is 1.63. The predicted molar refractivity (Wildman–Crippen MR) is 95.6 cm³/mol. The largest absolute Gasteiger partial charge is 0.491 e. The lowest BCUT2D eigenvalue weighted by Gasteiger charge is -2.38. The number of likely N-dealkylation sites (tertiary alicyclic amines) is 1. The average molecular weight is 401 g/mol. The third kappa shape index (κ3) is 4.84. The summed E-state index contributed by atoms with van der Waals surface area (Å²) in [6, 6.07) is 3.18. The Morgan fingerprint density at radius 2 is 2.04 bits per heavy atom. The minimum Gasteiger partial charge on any atom is -0.491 e. The SMILES string of the molecule is C[C@H]1Cc2c(ccc(OCCCC(F)(F)F)c2F)C=C1CN1CC(C(=O)O)C1. The van der Waals surface area contributed by atoms with Crippen LogP contribution in [0.3, 0.4) is 0 Å². The number of carboxylic acids is 1. The first-order valence-electron chi connectivity index (χ1n) is 9.30. The fraction of sp³-hybridized carbons (Fsp3) is 0.550. The summed E-state index contributed by atoms with van der Waals surface area (Å²) in [5, 5.41) is 8.96. The number of benzene rings is 1. The van der Waals surface area contributed by atoms with Gasteiger partial charge in [0.15, 0.2) is 11.6 Å². The molecule has 28 heavy (non-hydrogen) atoms. The Labute approximate surface area is 160 Å². The molecular formula is C20H23F4NO3. The molecule has 1 aliphatic carbocycles. The lowest BCUT2D eigenvalue weighted by atomic mass is 9.83. The minimum absolute atomic E-state index is 0.0167. The van der Waals surface area contributed by atoms with Gasteiger partial charge in [-0.3, -0.25) is 9.69 Å². The number of fused-ring (bicyclic) bond motifs is 1. The standard InChI is InChI=1S/C20H23F4NO3/c1-12-7-16-13(8-14(12)9-25-10-15(11-25)19(26)27)3-4-17(18(16)21)28-6-2-5-20(22,23)24/h3-4,8,12,15H,2,5-7,9-11H2,1H3,(H,26,27)/t12-/m0/s1. The number of hydrogen-bond acceptors (Lipinski definition) is 3. The van der Waals surface area contributed by atoms with E-state index in [9.17, 15) is 22.4 Å². The zero-order chi connectivity index (χ0) is 20.5. The second kappa shape index (κ2) is 8.11. The lowest BCUT2D eigenvalue weighted by Crippen LogP contribution is -2.51. The van der Waals surface area contributed by atoms with Crippen molar-refractivity contribution in [1.29, 1.82) is 0 Å². The van der Waals surface area contributed by atoms with Crippen molar-refractivity contribution in [2.45, 2.75) is 32.4 Å². The predicted octanol–water partition coefficient (Wildman–Crippen LogP) is 4.14. The van der Waals surface area contributed by atoms with Crippen molar-refractivity contribution in [3.8, 4) is 5.75 Å². The first kappa shape index (κ1) is 20.6. The van der Waals surface area contributed by atoms with Crippen LogP contribution in [0.4, 0.5) is 17.6 Å². The smallest absolute Gasteiger partial charge is 0.389 e. The zero-order valence-electron chi connectivity index (χ0n) is 15.6. The normalized spacial score (nSPS) is 20.3. The monoisotopic (exact) mass is 401 g/mol. The number of nitrogens with zero attached hydrogens (tertiary/aromatic N) is 1. The molecule has 0 spiro atoms. The summed E-state index contributed by atoms with van der Waals surface area (Å²) < 4.78 is 56.5. The molecule has 1 aliphatic heterocycles. The van der Waals surface area contributed by atoms with Crippen LogP contribution in [0.5, 0.6) is 5.75 Å². The van der Waals surface area contributed by atoms with Crippen LogP contribution in [-0.4, -0.2) is 48.4 Å². The van der Waals surface area contributed by atoms with Gasteiger partial charge in [-0.1, -0.05) is 24.6 Å². The highest BCUT2D eigenvalue weighted by atomic mass is 19.4. The molecule has 1 atom stereocenters. The van der Waals surface area contributed by atoms with Crippen molar-refractivity contribution in [2.75, 3.05) is 26.2 Å². The molecule has 0 bridgehead atoms. The molecule has 1 fully saturated rings. The topological polar surface area (TPSA) is 49.8 Å². The van der Waals surface area contributed by atoms with Crippen LogP contribution in [0, 0.1) is 17.7 Å². The van der Waals surface area contributed by atoms with Crippen LogP contribution in [-0.2, 0) is 11.2 Å². The van der Waals surface area contributed by atoms with Crippen molar-refractivity contribution in [3.63, 3.8) is 0 Å². The van der Waals surface area contributed by atoms with E-state index in [1.807, 2.05) is 13.0 Å². The fourth-order valence-electron chi connectivity index (χ4n) is 3.62. The number of halogens is 4. The first-order chi connectivity index (χ1) is 13.1. The molecule has 0 amide bonds. The third-order valence-electron chi connectivity index (χ3n) is 5.30. The van der Waals surface area contributed by atoms with Crippen LogP contribution in [0.15, 0.2) is 17.7 Å². The van der Waals surface area contributed by atoms with Gasteiger partial charge in [0.2, 0.25) is 0 Å². The van der Waals surface area contributed by atoms with Crippen LogP contribution < -0.4 is 4.74 Å². The van der Waals surface area contributed by atoms with Gasteiger partial charge in [0.05, 0.1) is 12.5 Å². The minimum atomic E-state index is -4.24. The van der Waals surface area contributed by atoms with Crippen molar-refractivity contribution in [2.24, 2.45) is 11.8 Å². The van der Waals surface area contributed by atoms with Gasteiger partial charge in [-0.15, -0.1) is 0 Å². The van der Waals surface area contributed by atoms with Crippen LogP contribution in [0.25, 0.3) is 6.08 Å². The summed E-state index contributed by atoms with van der Waals surface area (Å²) >= 11 is 0. The molecule has 2 aliphatic rings. The van der Waals surface area contributed by atoms with Gasteiger partial charge in [-0.05, 0) is 36.0 Å². The molecule has 1 saturated heterocycles. The van der Waals surface area contributed by atoms with E-state index in [4.69, 9.17) is 9.84 Å². The molecule has 1 aromatic rings. The number of carbonyl (C=O) groups is 1. The maximum Gasteiger partial charge on any atom is 0.389 e. The van der Waals surface area contributed by atoms with E-state index in [0.29, 0.717) is 31.6 Å². The van der Waals surface area contributed by atoms with E-state index in [-0.39, 0.29) is 30.6 Å². The summed E-state index contributed by atoms with van der Waals surface area (Å²) in [4.78, 5) is 13.0. The number of carboxylic acid groups (broad SMARTS) is 1. The molecule has 0 radical (unpaired) electrons. The number of rotatable bonds is 7. The van der Waals surface area contributed by atoms with Gasteiger partial charge in [-0.2, -0.15) is 13.2 Å². The van der Waals surface area contributed by atoms with Crippen molar-refractivity contribution in [1.82, 2.24) is 4.90 Å². The van der Waals surface area contributed by atoms with Gasteiger partial charge in [-0.25, -0.2) is 4.39 Å². The molecule has 154 valence electrons. The molecule has 0 saturated carbocycles. The van der Waals surface area contributed by atoms with E-state index in [2.05, 4.69) is 4.90 Å². The highest BCUT2D eigenvalue weighted by Gasteiger charge is 2.34. The van der Waals surface area contributed by atoms with Crippen LogP contribution in [0.1, 0.15) is 30.9 Å². The molecule has 0 aromatic heterocycles. The summed E-state index contributed by atoms with van der Waals surface area (Å²) in [6.07, 6.45) is -3.01. The summed E-state index contributed by atoms with van der Waals surface area (Å²) in [5.74, 6) is -1.54. The van der Waals surface area contributed by atoms with Crippen molar-refractivity contribution in [3.05, 3.63) is 34.6 Å². The lowest BCUT2D eigenvalue weighted by molar-refractivity contribution is -0.147. The van der Waals surface area contributed by atoms with E-state index in [1.54, 1.807) is 6.07 Å². The molecule has 8 heteroatoms. The number of alkyl halides is 3. The van der Waals surface area contributed by atoms with Gasteiger partial charge >= 0.3 is 12.1 Å². The van der Waals surface area contributed by atoms with Gasteiger partial charge < -0.3 is 9.84 Å². The quantitative estimate of drug-likeness (QED) is 0.551. The second-order valence-electron chi connectivity index (χ2n) is 7.57. The first-order valence-corrected chi connectivity index (χ1v) is 9.30. The summed E-state index contributed by atoms with van der Waals surface area (Å²) in [7, 11) is 0. The number of ether oxygens (including phenoxy) is 1. The maximum atomic E-state index is 14.7. The van der Waals surface area contributed by atoms with E-state index in [0.717, 1.165) is 11.1 Å². The molecular weight excluding hydrogens is 378 g/mol. The molecule has 1 aromatic carbocycles. The highest BCUT2D eigenvalue weighted by Crippen LogP contribution is 2.35. The second-order valence-corrected chi connectivity index (χ2v) is 7.57. The van der Waals surface area contributed by atoms with Gasteiger partial charge in [0.25, 0.3) is 0 Å². The number of aliphatic carboxylic acids is 1. The highest BCUT2D eigenvalue weighted by molar-refractivity contribution is 5.71.